The molecule has 1 aromatic carbocycles. The van der Waals surface area contributed by atoms with Crippen LogP contribution in [0, 0.1) is 0 Å². The zero-order valence-electron chi connectivity index (χ0n) is 12.6. The van der Waals surface area contributed by atoms with Crippen molar-refractivity contribution in [3.63, 3.8) is 0 Å². The number of alkyl halides is 1. The summed E-state index contributed by atoms with van der Waals surface area (Å²) in [6, 6.07) is 7.16. The summed E-state index contributed by atoms with van der Waals surface area (Å²) < 4.78 is 11.1. The minimum Gasteiger partial charge on any atom is -0.357 e. The topological polar surface area (TPSA) is 59.1 Å². The second-order valence-corrected chi connectivity index (χ2v) is 6.10. The van der Waals surface area contributed by atoms with Crippen LogP contribution in [0.25, 0.3) is 0 Å². The Labute approximate surface area is 137 Å². The number of hydrogen-bond donors (Lipinski definition) is 0. The molecule has 1 fully saturated rings. The van der Waals surface area contributed by atoms with Crippen LogP contribution >= 0.6 is 15.9 Å². The van der Waals surface area contributed by atoms with E-state index in [9.17, 15) is 9.59 Å². The van der Waals surface area contributed by atoms with E-state index in [1.807, 2.05) is 24.3 Å². The van der Waals surface area contributed by atoms with Gasteiger partial charge in [0.15, 0.2) is 6.23 Å². The van der Waals surface area contributed by atoms with Crippen molar-refractivity contribution in [3.8, 4) is 0 Å². The van der Waals surface area contributed by atoms with E-state index in [0.29, 0.717) is 0 Å². The van der Waals surface area contributed by atoms with E-state index in [1.54, 1.807) is 6.92 Å². The summed E-state index contributed by atoms with van der Waals surface area (Å²) >= 11 is 3.57. The average molecular weight is 369 g/mol. The number of hydrogen-bond acceptors (Lipinski definition) is 4. The number of urea groups is 1. The first-order chi connectivity index (χ1) is 10.5. The third kappa shape index (κ3) is 1.67. The number of nitrogens with zero attached hydrogens (tertiary/aromatic N) is 2. The van der Waals surface area contributed by atoms with Gasteiger partial charge in [-0.1, -0.05) is 40.2 Å². The number of rotatable bonds is 3. The predicted molar refractivity (Wildman–Crippen MR) is 82.2 cm³/mol. The van der Waals surface area contributed by atoms with E-state index in [-0.39, 0.29) is 12.5 Å². The maximum atomic E-state index is 12.9. The summed E-state index contributed by atoms with van der Waals surface area (Å²) in [6.07, 6.45) is -0.669. The second kappa shape index (κ2) is 5.33. The van der Waals surface area contributed by atoms with Gasteiger partial charge in [-0.05, 0) is 12.5 Å². The quantitative estimate of drug-likeness (QED) is 0.607. The minimum atomic E-state index is -1.43. The monoisotopic (exact) mass is 368 g/mol. The lowest BCUT2D eigenvalue weighted by molar-refractivity contribution is -0.184. The molecule has 0 aliphatic carbocycles. The van der Waals surface area contributed by atoms with Crippen LogP contribution in [-0.4, -0.2) is 48.2 Å². The van der Waals surface area contributed by atoms with Gasteiger partial charge in [-0.15, -0.1) is 0 Å². The summed E-state index contributed by atoms with van der Waals surface area (Å²) in [6.45, 7) is 2.04. The van der Waals surface area contributed by atoms with Crippen LogP contribution < -0.4 is 0 Å². The molecule has 0 saturated carbocycles. The highest BCUT2D eigenvalue weighted by molar-refractivity contribution is 9.09. The molecular formula is C15H17BrN2O4. The van der Waals surface area contributed by atoms with Gasteiger partial charge in [0.25, 0.3) is 5.91 Å². The Morgan fingerprint density at radius 1 is 1.23 bits per heavy atom. The largest absolute Gasteiger partial charge is 0.357 e. The minimum absolute atomic E-state index is 0.284. The molecule has 3 amide bonds. The Bertz CT molecular complexity index is 638. The van der Waals surface area contributed by atoms with Gasteiger partial charge in [0.1, 0.15) is 0 Å². The van der Waals surface area contributed by atoms with Gasteiger partial charge in [-0.2, -0.15) is 0 Å². The zero-order valence-corrected chi connectivity index (χ0v) is 14.2. The molecule has 118 valence electrons. The van der Waals surface area contributed by atoms with Crippen LogP contribution in [-0.2, 0) is 14.3 Å². The van der Waals surface area contributed by atoms with Gasteiger partial charge in [0.2, 0.25) is 5.72 Å². The van der Waals surface area contributed by atoms with Crippen molar-refractivity contribution in [2.45, 2.75) is 23.7 Å². The number of benzene rings is 1. The number of likely N-dealkylation sites (N-methyl/N-ethyl adjacent to an activating group) is 1. The average Bonchev–Trinajstić information content (AvgIpc) is 2.76. The Kier molecular flexibility index (Phi) is 3.74. The number of fused-ring (bicyclic) bond motifs is 2. The SMILES string of the molecule is CCN1C(=O)N2[C@@H](OC)c3ccccc3[C@@H](Br)[C@]2(OC)C1=O. The number of ether oxygens (including phenoxy) is 2. The van der Waals surface area contributed by atoms with Crippen molar-refractivity contribution in [1.82, 2.24) is 9.80 Å². The summed E-state index contributed by atoms with van der Waals surface area (Å²) in [5, 5.41) is 0. The van der Waals surface area contributed by atoms with Gasteiger partial charge in [0.05, 0.1) is 4.83 Å². The fraction of sp³-hybridized carbons (Fsp3) is 0.467. The van der Waals surface area contributed by atoms with Crippen LogP contribution in [0.1, 0.15) is 29.1 Å². The first-order valence-corrected chi connectivity index (χ1v) is 7.92. The Hall–Kier alpha value is -1.44. The predicted octanol–water partition coefficient (Wildman–Crippen LogP) is 2.41. The van der Waals surface area contributed by atoms with Crippen molar-refractivity contribution in [3.05, 3.63) is 35.4 Å². The van der Waals surface area contributed by atoms with Gasteiger partial charge in [-0.3, -0.25) is 14.6 Å². The molecule has 2 aliphatic rings. The molecule has 2 heterocycles. The number of carbonyl (C=O) groups excluding carboxylic acids is 2. The number of halogens is 1. The molecular weight excluding hydrogens is 352 g/mol. The second-order valence-electron chi connectivity index (χ2n) is 5.18. The third-order valence-electron chi connectivity index (χ3n) is 4.31. The van der Waals surface area contributed by atoms with Crippen molar-refractivity contribution in [2.24, 2.45) is 0 Å². The molecule has 1 aromatic rings. The van der Waals surface area contributed by atoms with E-state index < -0.39 is 22.8 Å². The lowest BCUT2D eigenvalue weighted by Crippen LogP contribution is -2.58. The highest BCUT2D eigenvalue weighted by atomic mass is 79.9. The maximum Gasteiger partial charge on any atom is 0.331 e. The van der Waals surface area contributed by atoms with Crippen molar-refractivity contribution < 1.29 is 19.1 Å². The van der Waals surface area contributed by atoms with E-state index in [4.69, 9.17) is 9.47 Å². The molecule has 0 spiro atoms. The molecule has 0 aromatic heterocycles. The Morgan fingerprint density at radius 2 is 1.86 bits per heavy atom. The van der Waals surface area contributed by atoms with Crippen molar-refractivity contribution in [2.75, 3.05) is 20.8 Å². The molecule has 2 aliphatic heterocycles. The molecule has 3 atom stereocenters. The standard InChI is InChI=1S/C15H17BrN2O4/c1-4-17-13(19)15(22-3)11(16)9-7-5-6-8-10(9)12(21-2)18(15)14(17)20/h5-8,11-12H,4H2,1-3H3/t11-,12+,15+/m1/s1. The van der Waals surface area contributed by atoms with Gasteiger partial charge < -0.3 is 9.47 Å². The summed E-state index contributed by atoms with van der Waals surface area (Å²) in [5.41, 5.74) is 0.299. The van der Waals surface area contributed by atoms with Crippen LogP contribution in [0.2, 0.25) is 0 Å². The summed E-state index contributed by atoms with van der Waals surface area (Å²) in [4.78, 5) is 27.7. The Morgan fingerprint density at radius 3 is 2.41 bits per heavy atom. The van der Waals surface area contributed by atoms with Gasteiger partial charge in [0, 0.05) is 26.3 Å². The van der Waals surface area contributed by atoms with Crippen molar-refractivity contribution in [1.29, 1.82) is 0 Å². The van der Waals surface area contributed by atoms with E-state index >= 15 is 0 Å². The lowest BCUT2D eigenvalue weighted by Gasteiger charge is -2.46. The van der Waals surface area contributed by atoms with E-state index in [0.717, 1.165) is 11.1 Å². The molecule has 3 rings (SSSR count). The number of imide groups is 1. The zero-order chi connectivity index (χ0) is 16.1. The van der Waals surface area contributed by atoms with Gasteiger partial charge >= 0.3 is 6.03 Å². The fourth-order valence-corrected chi connectivity index (χ4v) is 4.30. The number of amides is 3. The Balaban J connectivity index is 2.27. The third-order valence-corrected chi connectivity index (χ3v) is 5.42. The molecule has 0 N–H and O–H groups in total. The molecule has 0 bridgehead atoms. The van der Waals surface area contributed by atoms with Gasteiger partial charge in [-0.25, -0.2) is 4.79 Å². The molecule has 0 radical (unpaired) electrons. The first kappa shape index (κ1) is 15.5. The number of carbonyl (C=O) groups is 2. The summed E-state index contributed by atoms with van der Waals surface area (Å²) in [7, 11) is 2.95. The van der Waals surface area contributed by atoms with E-state index in [1.165, 1.54) is 24.0 Å². The maximum absolute atomic E-state index is 12.9. The first-order valence-electron chi connectivity index (χ1n) is 7.00. The van der Waals surface area contributed by atoms with Crippen LogP contribution in [0.4, 0.5) is 4.79 Å². The smallest absolute Gasteiger partial charge is 0.331 e. The normalized spacial score (nSPS) is 30.5. The molecule has 1 saturated heterocycles. The van der Waals surface area contributed by atoms with E-state index in [2.05, 4.69) is 15.9 Å². The lowest BCUT2D eigenvalue weighted by atomic mass is 9.90. The van der Waals surface area contributed by atoms with Crippen LogP contribution in [0.5, 0.6) is 0 Å². The van der Waals surface area contributed by atoms with Crippen molar-refractivity contribution >= 4 is 27.9 Å². The summed E-state index contributed by atoms with van der Waals surface area (Å²) in [5.74, 6) is -0.374. The molecule has 7 heteroatoms. The number of methoxy groups -OCH3 is 2. The molecule has 22 heavy (non-hydrogen) atoms. The molecule has 6 nitrogen and oxygen atoms in total. The fourth-order valence-electron chi connectivity index (χ4n) is 3.28. The van der Waals surface area contributed by atoms with Crippen LogP contribution in [0.3, 0.4) is 0 Å². The molecule has 0 unspecified atom stereocenters. The highest BCUT2D eigenvalue weighted by Gasteiger charge is 2.66. The highest BCUT2D eigenvalue weighted by Crippen LogP contribution is 2.53. The van der Waals surface area contributed by atoms with Crippen LogP contribution in [0.15, 0.2) is 24.3 Å².